The first kappa shape index (κ1) is 20.4. The normalized spacial score (nSPS) is 21.4. The van der Waals surface area contributed by atoms with Crippen LogP contribution >= 0.6 is 11.3 Å². The summed E-state index contributed by atoms with van der Waals surface area (Å²) < 4.78 is 1.77. The van der Waals surface area contributed by atoms with Gasteiger partial charge in [-0.15, -0.1) is 11.3 Å². The van der Waals surface area contributed by atoms with Crippen LogP contribution in [0.5, 0.6) is 0 Å². The largest absolute Gasteiger partial charge is 0.388 e. The SMILES string of the molecule is Cn1cccc1C(=O)N1CC[C@@](NC(=O)Cc2cccs2)(c2ccccc2)[C@H](O)C1. The summed E-state index contributed by atoms with van der Waals surface area (Å²) in [4.78, 5) is 28.4. The molecule has 3 heterocycles. The van der Waals surface area contributed by atoms with Crippen molar-refractivity contribution in [2.45, 2.75) is 24.5 Å². The molecule has 4 rings (SSSR count). The van der Waals surface area contributed by atoms with Gasteiger partial charge in [0.15, 0.2) is 0 Å². The summed E-state index contributed by atoms with van der Waals surface area (Å²) >= 11 is 1.53. The molecule has 156 valence electrons. The summed E-state index contributed by atoms with van der Waals surface area (Å²) in [5.41, 5.74) is 0.500. The van der Waals surface area contributed by atoms with Crippen molar-refractivity contribution in [3.8, 4) is 0 Å². The van der Waals surface area contributed by atoms with Crippen molar-refractivity contribution < 1.29 is 14.7 Å². The van der Waals surface area contributed by atoms with Crippen LogP contribution in [0.2, 0.25) is 0 Å². The standard InChI is InChI=1S/C23H25N3O3S/c1-25-12-5-10-19(25)22(29)26-13-11-23(20(27)16-26,17-7-3-2-4-8-17)24-21(28)15-18-9-6-14-30-18/h2-10,12,14,20,27H,11,13,15-16H2,1H3,(H,24,28)/t20-,23-/m1/s1. The predicted octanol–water partition coefficient (Wildman–Crippen LogP) is 2.55. The van der Waals surface area contributed by atoms with Crippen LogP contribution in [0, 0.1) is 0 Å². The fourth-order valence-corrected chi connectivity index (χ4v) is 4.82. The highest BCUT2D eigenvalue weighted by molar-refractivity contribution is 7.10. The molecule has 2 aromatic heterocycles. The number of nitrogens with zero attached hydrogens (tertiary/aromatic N) is 2. The molecule has 0 saturated carbocycles. The van der Waals surface area contributed by atoms with Crippen LogP contribution in [0.4, 0.5) is 0 Å². The average Bonchev–Trinajstić information content (AvgIpc) is 3.41. The molecule has 1 saturated heterocycles. The Bertz CT molecular complexity index is 1020. The molecular formula is C23H25N3O3S. The second kappa shape index (κ2) is 8.45. The Morgan fingerprint density at radius 3 is 2.60 bits per heavy atom. The molecule has 2 atom stereocenters. The minimum absolute atomic E-state index is 0.117. The van der Waals surface area contributed by atoms with Crippen molar-refractivity contribution in [3.63, 3.8) is 0 Å². The molecule has 2 N–H and O–H groups in total. The third-order valence-corrected chi connectivity index (χ3v) is 6.63. The molecule has 6 nitrogen and oxygen atoms in total. The molecule has 0 aliphatic carbocycles. The van der Waals surface area contributed by atoms with Crippen molar-refractivity contribution >= 4 is 23.2 Å². The molecule has 7 heteroatoms. The van der Waals surface area contributed by atoms with Crippen molar-refractivity contribution in [1.29, 1.82) is 0 Å². The Hall–Kier alpha value is -2.90. The maximum atomic E-state index is 12.9. The molecule has 1 fully saturated rings. The maximum Gasteiger partial charge on any atom is 0.270 e. The number of hydrogen-bond donors (Lipinski definition) is 2. The van der Waals surface area contributed by atoms with Gasteiger partial charge in [0.25, 0.3) is 5.91 Å². The number of piperidine rings is 1. The van der Waals surface area contributed by atoms with E-state index in [4.69, 9.17) is 0 Å². The van der Waals surface area contributed by atoms with Crippen LogP contribution in [0.25, 0.3) is 0 Å². The molecule has 1 aliphatic heterocycles. The first-order valence-corrected chi connectivity index (χ1v) is 10.8. The number of benzene rings is 1. The number of carbonyl (C=O) groups is 2. The summed E-state index contributed by atoms with van der Waals surface area (Å²) in [5, 5.41) is 16.3. The summed E-state index contributed by atoms with van der Waals surface area (Å²) in [5.74, 6) is -0.254. The minimum atomic E-state index is -0.930. The number of β-amino-alcohol motifs (C(OH)–C–C–N with tert-alkyl or cyclic N) is 1. The molecule has 30 heavy (non-hydrogen) atoms. The van der Waals surface area contributed by atoms with E-state index >= 15 is 0 Å². The number of amides is 2. The maximum absolute atomic E-state index is 12.9. The lowest BCUT2D eigenvalue weighted by molar-refractivity contribution is -0.125. The van der Waals surface area contributed by atoms with E-state index in [0.717, 1.165) is 10.4 Å². The quantitative estimate of drug-likeness (QED) is 0.662. The zero-order valence-corrected chi connectivity index (χ0v) is 17.6. The highest BCUT2D eigenvalue weighted by Gasteiger charge is 2.46. The Morgan fingerprint density at radius 1 is 1.17 bits per heavy atom. The highest BCUT2D eigenvalue weighted by Crippen LogP contribution is 2.34. The number of likely N-dealkylation sites (tertiary alicyclic amines) is 1. The van der Waals surface area contributed by atoms with Gasteiger partial charge < -0.3 is 19.9 Å². The zero-order chi connectivity index (χ0) is 21.1. The van der Waals surface area contributed by atoms with E-state index in [2.05, 4.69) is 5.32 Å². The monoisotopic (exact) mass is 423 g/mol. The zero-order valence-electron chi connectivity index (χ0n) is 16.8. The highest BCUT2D eigenvalue weighted by atomic mass is 32.1. The van der Waals surface area contributed by atoms with E-state index in [-0.39, 0.29) is 24.8 Å². The first-order chi connectivity index (χ1) is 14.5. The first-order valence-electron chi connectivity index (χ1n) is 9.97. The number of rotatable bonds is 5. The topological polar surface area (TPSA) is 74.6 Å². The fraction of sp³-hybridized carbons (Fsp3) is 0.304. The average molecular weight is 424 g/mol. The summed E-state index contributed by atoms with van der Waals surface area (Å²) in [6, 6.07) is 17.0. The molecule has 1 aliphatic rings. The van der Waals surface area contributed by atoms with Gasteiger partial charge in [0.2, 0.25) is 5.91 Å². The van der Waals surface area contributed by atoms with Gasteiger partial charge in [0.05, 0.1) is 18.1 Å². The van der Waals surface area contributed by atoms with Crippen LogP contribution in [-0.2, 0) is 23.8 Å². The smallest absolute Gasteiger partial charge is 0.270 e. The number of aliphatic hydroxyl groups is 1. The van der Waals surface area contributed by atoms with E-state index in [1.165, 1.54) is 11.3 Å². The number of carbonyl (C=O) groups excluding carboxylic acids is 2. The molecule has 0 radical (unpaired) electrons. The van der Waals surface area contributed by atoms with Crippen molar-refractivity contribution in [1.82, 2.24) is 14.8 Å². The van der Waals surface area contributed by atoms with Crippen LogP contribution in [0.1, 0.15) is 27.3 Å². The lowest BCUT2D eigenvalue weighted by Gasteiger charge is -2.46. The van der Waals surface area contributed by atoms with E-state index in [1.54, 1.807) is 15.5 Å². The van der Waals surface area contributed by atoms with Crippen LogP contribution in [-0.4, -0.2) is 45.6 Å². The molecular weight excluding hydrogens is 398 g/mol. The van der Waals surface area contributed by atoms with Crippen molar-refractivity contribution in [2.75, 3.05) is 13.1 Å². The molecule has 1 aromatic carbocycles. The summed E-state index contributed by atoms with van der Waals surface area (Å²) in [7, 11) is 1.83. The van der Waals surface area contributed by atoms with Crippen LogP contribution in [0.15, 0.2) is 66.2 Å². The van der Waals surface area contributed by atoms with Gasteiger partial charge in [0, 0.05) is 31.2 Å². The number of hydrogen-bond acceptors (Lipinski definition) is 4. The third-order valence-electron chi connectivity index (χ3n) is 5.75. The molecule has 0 unspecified atom stereocenters. The predicted molar refractivity (Wildman–Crippen MR) is 116 cm³/mol. The lowest BCUT2D eigenvalue weighted by Crippen LogP contribution is -2.63. The molecule has 3 aromatic rings. The Kier molecular flexibility index (Phi) is 5.74. The van der Waals surface area contributed by atoms with Gasteiger partial charge in [-0.3, -0.25) is 9.59 Å². The molecule has 0 bridgehead atoms. The van der Waals surface area contributed by atoms with Crippen molar-refractivity contribution in [2.24, 2.45) is 7.05 Å². The number of aryl methyl sites for hydroxylation is 1. The van der Waals surface area contributed by atoms with Crippen LogP contribution in [0.3, 0.4) is 0 Å². The van der Waals surface area contributed by atoms with E-state index in [9.17, 15) is 14.7 Å². The van der Waals surface area contributed by atoms with Crippen molar-refractivity contribution in [3.05, 3.63) is 82.3 Å². The third kappa shape index (κ3) is 3.91. The van der Waals surface area contributed by atoms with Gasteiger partial charge in [-0.25, -0.2) is 0 Å². The fourth-order valence-electron chi connectivity index (χ4n) is 4.12. The van der Waals surface area contributed by atoms with Gasteiger partial charge >= 0.3 is 0 Å². The number of nitrogens with one attached hydrogen (secondary N) is 1. The minimum Gasteiger partial charge on any atom is -0.388 e. The lowest BCUT2D eigenvalue weighted by atomic mass is 9.78. The Labute approximate surface area is 179 Å². The number of aliphatic hydroxyl groups excluding tert-OH is 1. The van der Waals surface area contributed by atoms with E-state index in [1.807, 2.05) is 67.2 Å². The van der Waals surface area contributed by atoms with E-state index < -0.39 is 11.6 Å². The van der Waals surface area contributed by atoms with Gasteiger partial charge in [-0.05, 0) is 35.6 Å². The molecule has 2 amide bonds. The van der Waals surface area contributed by atoms with Gasteiger partial charge in [-0.1, -0.05) is 36.4 Å². The summed E-state index contributed by atoms with van der Waals surface area (Å²) in [6.07, 6.45) is 1.60. The van der Waals surface area contributed by atoms with Gasteiger partial charge in [-0.2, -0.15) is 0 Å². The molecule has 0 spiro atoms. The van der Waals surface area contributed by atoms with E-state index in [0.29, 0.717) is 18.7 Å². The Balaban J connectivity index is 1.57. The second-order valence-corrected chi connectivity index (χ2v) is 8.70. The van der Waals surface area contributed by atoms with Crippen LogP contribution < -0.4 is 5.32 Å². The summed E-state index contributed by atoms with van der Waals surface area (Å²) in [6.45, 7) is 0.591. The second-order valence-electron chi connectivity index (χ2n) is 7.66. The number of thiophene rings is 1. The Morgan fingerprint density at radius 2 is 1.97 bits per heavy atom. The van der Waals surface area contributed by atoms with Gasteiger partial charge in [0.1, 0.15) is 5.69 Å². The number of aromatic nitrogens is 1.